The smallest absolute Gasteiger partial charge is 0.227 e. The Morgan fingerprint density at radius 2 is 2.14 bits per heavy atom. The number of fused-ring (bicyclic) bond motifs is 1. The van der Waals surface area contributed by atoms with Crippen LogP contribution < -0.4 is 0 Å². The molecule has 2 heterocycles. The highest BCUT2D eigenvalue weighted by Gasteiger charge is 2.24. The van der Waals surface area contributed by atoms with Crippen molar-refractivity contribution >= 4 is 11.0 Å². The Labute approximate surface area is 120 Å². The minimum Gasteiger partial charge on any atom is -0.342 e. The third-order valence-electron chi connectivity index (χ3n) is 4.02. The zero-order valence-electron chi connectivity index (χ0n) is 11.5. The van der Waals surface area contributed by atoms with Gasteiger partial charge in [0.1, 0.15) is 11.6 Å². The van der Waals surface area contributed by atoms with Gasteiger partial charge in [0.25, 0.3) is 0 Å². The van der Waals surface area contributed by atoms with Crippen molar-refractivity contribution in [1.82, 2.24) is 20.1 Å². The highest BCUT2D eigenvalue weighted by molar-refractivity contribution is 5.74. The van der Waals surface area contributed by atoms with Crippen molar-refractivity contribution in [2.75, 3.05) is 0 Å². The molecule has 1 saturated carbocycles. The Bertz CT molecular complexity index is 775. The molecule has 1 aromatic carbocycles. The third kappa shape index (κ3) is 2.41. The number of halogens is 1. The van der Waals surface area contributed by atoms with Crippen LogP contribution in [0, 0.1) is 5.82 Å². The van der Waals surface area contributed by atoms with Crippen LogP contribution in [0.15, 0.2) is 22.7 Å². The summed E-state index contributed by atoms with van der Waals surface area (Å²) in [7, 11) is 0. The molecule has 0 atom stereocenters. The maximum Gasteiger partial charge on any atom is 0.227 e. The summed E-state index contributed by atoms with van der Waals surface area (Å²) in [6, 6.07) is 4.54. The van der Waals surface area contributed by atoms with Gasteiger partial charge in [0.05, 0.1) is 11.0 Å². The molecule has 108 valence electrons. The number of aryl methyl sites for hydroxylation is 2. The van der Waals surface area contributed by atoms with Crippen LogP contribution in [0.2, 0.25) is 0 Å². The van der Waals surface area contributed by atoms with Crippen molar-refractivity contribution in [3.8, 4) is 0 Å². The second kappa shape index (κ2) is 4.95. The number of H-pyrrole nitrogens is 1. The highest BCUT2D eigenvalue weighted by atomic mass is 19.1. The van der Waals surface area contributed by atoms with E-state index in [0.29, 0.717) is 30.2 Å². The number of aromatic amines is 1. The quantitative estimate of drug-likeness (QED) is 0.800. The van der Waals surface area contributed by atoms with Crippen LogP contribution in [0.25, 0.3) is 11.0 Å². The number of nitrogens with zero attached hydrogens (tertiary/aromatic N) is 3. The summed E-state index contributed by atoms with van der Waals surface area (Å²) in [6.07, 6.45) is 4.89. The first-order valence-corrected chi connectivity index (χ1v) is 7.24. The lowest BCUT2D eigenvalue weighted by molar-refractivity contribution is 0.347. The molecule has 21 heavy (non-hydrogen) atoms. The fourth-order valence-corrected chi connectivity index (χ4v) is 2.58. The average Bonchev–Trinajstić information content (AvgIpc) is 3.00. The van der Waals surface area contributed by atoms with Crippen molar-refractivity contribution in [3.05, 3.63) is 41.6 Å². The van der Waals surface area contributed by atoms with E-state index in [1.54, 1.807) is 6.07 Å². The van der Waals surface area contributed by atoms with Gasteiger partial charge in [-0.05, 0) is 31.0 Å². The molecule has 0 amide bonds. The second-order valence-electron chi connectivity index (χ2n) is 5.52. The Kier molecular flexibility index (Phi) is 2.94. The maximum absolute atomic E-state index is 13.1. The van der Waals surface area contributed by atoms with E-state index in [1.807, 2.05) is 0 Å². The normalized spacial score (nSPS) is 15.5. The summed E-state index contributed by atoms with van der Waals surface area (Å²) in [5.41, 5.74) is 1.48. The predicted molar refractivity (Wildman–Crippen MR) is 74.3 cm³/mol. The van der Waals surface area contributed by atoms with Gasteiger partial charge in [0.15, 0.2) is 5.82 Å². The van der Waals surface area contributed by atoms with E-state index in [1.165, 1.54) is 18.6 Å². The van der Waals surface area contributed by atoms with E-state index < -0.39 is 0 Å². The molecule has 4 rings (SSSR count). The zero-order valence-corrected chi connectivity index (χ0v) is 11.5. The molecule has 0 radical (unpaired) electrons. The van der Waals surface area contributed by atoms with Crippen molar-refractivity contribution in [2.45, 2.75) is 38.0 Å². The number of aromatic nitrogens is 4. The molecule has 1 fully saturated rings. The summed E-state index contributed by atoms with van der Waals surface area (Å²) in [5, 5.41) is 4.04. The SMILES string of the molecule is Fc1ccc2nc(CCc3nc(C4CCC4)no3)[nH]c2c1. The molecule has 0 unspecified atom stereocenters. The summed E-state index contributed by atoms with van der Waals surface area (Å²) in [4.78, 5) is 12.0. The van der Waals surface area contributed by atoms with Gasteiger partial charge in [-0.2, -0.15) is 4.98 Å². The van der Waals surface area contributed by atoms with Crippen LogP contribution >= 0.6 is 0 Å². The van der Waals surface area contributed by atoms with Crippen LogP contribution in [-0.2, 0) is 12.8 Å². The van der Waals surface area contributed by atoms with Gasteiger partial charge in [-0.3, -0.25) is 0 Å². The minimum atomic E-state index is -0.264. The minimum absolute atomic E-state index is 0.264. The molecular formula is C15H15FN4O. The van der Waals surface area contributed by atoms with Crippen molar-refractivity contribution in [1.29, 1.82) is 0 Å². The average molecular weight is 286 g/mol. The van der Waals surface area contributed by atoms with Crippen LogP contribution in [0.5, 0.6) is 0 Å². The molecule has 0 spiro atoms. The zero-order chi connectivity index (χ0) is 14.2. The highest BCUT2D eigenvalue weighted by Crippen LogP contribution is 2.34. The van der Waals surface area contributed by atoms with Gasteiger partial charge in [0, 0.05) is 18.8 Å². The number of hydrogen-bond donors (Lipinski definition) is 1. The van der Waals surface area contributed by atoms with E-state index in [2.05, 4.69) is 20.1 Å². The Hall–Kier alpha value is -2.24. The lowest BCUT2D eigenvalue weighted by atomic mass is 9.85. The molecule has 5 nitrogen and oxygen atoms in total. The molecule has 2 aromatic heterocycles. The third-order valence-corrected chi connectivity index (χ3v) is 4.02. The van der Waals surface area contributed by atoms with Gasteiger partial charge >= 0.3 is 0 Å². The fourth-order valence-electron chi connectivity index (χ4n) is 2.58. The maximum atomic E-state index is 13.1. The van der Waals surface area contributed by atoms with E-state index >= 15 is 0 Å². The largest absolute Gasteiger partial charge is 0.342 e. The van der Waals surface area contributed by atoms with E-state index in [9.17, 15) is 4.39 Å². The van der Waals surface area contributed by atoms with Crippen LogP contribution in [0.1, 0.15) is 42.7 Å². The number of hydrogen-bond acceptors (Lipinski definition) is 4. The second-order valence-corrected chi connectivity index (χ2v) is 5.52. The van der Waals surface area contributed by atoms with Gasteiger partial charge in [0.2, 0.25) is 5.89 Å². The number of nitrogens with one attached hydrogen (secondary N) is 1. The molecule has 1 aliphatic carbocycles. The van der Waals surface area contributed by atoms with Crippen LogP contribution in [-0.4, -0.2) is 20.1 Å². The lowest BCUT2D eigenvalue weighted by Crippen LogP contribution is -2.10. The Morgan fingerprint density at radius 3 is 2.95 bits per heavy atom. The first kappa shape index (κ1) is 12.5. The van der Waals surface area contributed by atoms with Gasteiger partial charge < -0.3 is 9.51 Å². The summed E-state index contributed by atoms with van der Waals surface area (Å²) >= 11 is 0. The van der Waals surface area contributed by atoms with Crippen molar-refractivity contribution < 1.29 is 8.91 Å². The molecule has 0 bridgehead atoms. The molecule has 3 aromatic rings. The molecule has 1 aliphatic rings. The van der Waals surface area contributed by atoms with Crippen molar-refractivity contribution in [3.63, 3.8) is 0 Å². The fraction of sp³-hybridized carbons (Fsp3) is 0.400. The van der Waals surface area contributed by atoms with Crippen LogP contribution in [0.4, 0.5) is 4.39 Å². The first-order chi connectivity index (χ1) is 10.3. The molecule has 0 saturated heterocycles. The lowest BCUT2D eigenvalue weighted by Gasteiger charge is -2.20. The molecular weight excluding hydrogens is 271 g/mol. The number of benzene rings is 1. The number of rotatable bonds is 4. The molecule has 0 aliphatic heterocycles. The standard InChI is InChI=1S/C15H15FN4O/c16-10-4-5-11-12(8-10)18-13(17-11)6-7-14-19-15(20-21-14)9-2-1-3-9/h4-5,8-9H,1-3,6-7H2,(H,17,18). The molecule has 6 heteroatoms. The summed E-state index contributed by atoms with van der Waals surface area (Å²) in [6.45, 7) is 0. The first-order valence-electron chi connectivity index (χ1n) is 7.24. The van der Waals surface area contributed by atoms with E-state index in [-0.39, 0.29) is 5.82 Å². The van der Waals surface area contributed by atoms with Gasteiger partial charge in [-0.25, -0.2) is 9.37 Å². The van der Waals surface area contributed by atoms with Gasteiger partial charge in [-0.1, -0.05) is 11.6 Å². The monoisotopic (exact) mass is 286 g/mol. The van der Waals surface area contributed by atoms with Crippen LogP contribution in [0.3, 0.4) is 0 Å². The van der Waals surface area contributed by atoms with Crippen molar-refractivity contribution in [2.24, 2.45) is 0 Å². The Morgan fingerprint density at radius 1 is 1.24 bits per heavy atom. The summed E-state index contributed by atoms with van der Waals surface area (Å²) in [5.74, 6) is 2.50. The van der Waals surface area contributed by atoms with Gasteiger partial charge in [-0.15, -0.1) is 0 Å². The summed E-state index contributed by atoms with van der Waals surface area (Å²) < 4.78 is 18.4. The predicted octanol–water partition coefficient (Wildman–Crippen LogP) is 3.14. The van der Waals surface area contributed by atoms with E-state index in [4.69, 9.17) is 4.52 Å². The van der Waals surface area contributed by atoms with E-state index in [0.717, 1.165) is 30.0 Å². The molecule has 1 N–H and O–H groups in total. The topological polar surface area (TPSA) is 67.6 Å². The number of imidazole rings is 1. The Balaban J connectivity index is 1.46.